The van der Waals surface area contributed by atoms with Crippen molar-refractivity contribution in [2.24, 2.45) is 0 Å². The van der Waals surface area contributed by atoms with Crippen LogP contribution in [0.3, 0.4) is 0 Å². The molecule has 1 N–H and O–H groups in total. The minimum Gasteiger partial charge on any atom is -0.312 e. The van der Waals surface area contributed by atoms with Gasteiger partial charge in [0.2, 0.25) is 0 Å². The summed E-state index contributed by atoms with van der Waals surface area (Å²) >= 11 is 8.41. The number of nitrogens with one attached hydrogen (secondary N) is 1. The third-order valence-corrected chi connectivity index (χ3v) is 2.39. The third kappa shape index (κ3) is 2.28. The average molecular weight is 272 g/mol. The summed E-state index contributed by atoms with van der Waals surface area (Å²) in [6, 6.07) is 1.10. The number of aromatic nitrogens is 1. The number of aromatic amines is 1. The van der Waals surface area contributed by atoms with E-state index in [2.05, 4.69) is 20.9 Å². The number of rotatable bonds is 2. The average Bonchev–Trinajstić information content (AvgIpc) is 2.03. The molecule has 0 aliphatic carbocycles. The van der Waals surface area contributed by atoms with E-state index in [0.29, 0.717) is 0 Å². The van der Waals surface area contributed by atoms with Crippen LogP contribution in [-0.4, -0.2) is 4.98 Å². The Hall–Kier alpha value is -0.420. The molecule has 2 nitrogen and oxygen atoms in total. The highest BCUT2D eigenvalue weighted by Crippen LogP contribution is 2.24. The van der Waals surface area contributed by atoms with E-state index in [1.165, 1.54) is 0 Å². The molecule has 1 aromatic heterocycles. The van der Waals surface area contributed by atoms with E-state index >= 15 is 0 Å². The van der Waals surface area contributed by atoms with E-state index in [9.17, 15) is 13.6 Å². The van der Waals surface area contributed by atoms with Crippen LogP contribution in [0, 0.1) is 0 Å². The Morgan fingerprint density at radius 2 is 2.23 bits per heavy atom. The zero-order valence-electron chi connectivity index (χ0n) is 6.28. The summed E-state index contributed by atoms with van der Waals surface area (Å²) in [5, 5.41) is -0.0798. The van der Waals surface area contributed by atoms with Gasteiger partial charge in [0.1, 0.15) is 5.15 Å². The molecule has 0 aromatic carbocycles. The molecule has 0 aliphatic rings. The lowest BCUT2D eigenvalue weighted by molar-refractivity contribution is 0.151. The van der Waals surface area contributed by atoms with Gasteiger partial charge in [-0.1, -0.05) is 27.5 Å². The van der Waals surface area contributed by atoms with Gasteiger partial charge in [-0.3, -0.25) is 4.79 Å². The van der Waals surface area contributed by atoms with E-state index in [1.54, 1.807) is 0 Å². The summed E-state index contributed by atoms with van der Waals surface area (Å²) in [5.41, 5.74) is -0.568. The summed E-state index contributed by atoms with van der Waals surface area (Å²) in [5.74, 6) is 0. The minimum absolute atomic E-state index is 0.221. The summed E-state index contributed by atoms with van der Waals surface area (Å²) in [4.78, 5) is 13.2. The largest absolute Gasteiger partial charge is 0.312 e. The van der Waals surface area contributed by atoms with Gasteiger partial charge in [0, 0.05) is 10.9 Å². The molecule has 72 valence electrons. The van der Waals surface area contributed by atoms with Crippen molar-refractivity contribution >= 4 is 27.5 Å². The van der Waals surface area contributed by atoms with Crippen molar-refractivity contribution in [1.82, 2.24) is 4.98 Å². The van der Waals surface area contributed by atoms with Gasteiger partial charge in [-0.25, -0.2) is 8.78 Å². The lowest BCUT2D eigenvalue weighted by atomic mass is 10.2. The predicted octanol–water partition coefficient (Wildman–Crippen LogP) is 2.86. The van der Waals surface area contributed by atoms with Gasteiger partial charge >= 0.3 is 0 Å². The van der Waals surface area contributed by atoms with Crippen LogP contribution in [0.5, 0.6) is 0 Å². The number of alkyl halides is 3. The fraction of sp³-hybridized carbons (Fsp3) is 0.286. The summed E-state index contributed by atoms with van der Waals surface area (Å²) in [6.45, 7) is 0. The first-order chi connectivity index (χ1) is 6.06. The molecule has 0 unspecified atom stereocenters. The third-order valence-electron chi connectivity index (χ3n) is 1.48. The summed E-state index contributed by atoms with van der Waals surface area (Å²) in [6.07, 6.45) is -2.68. The zero-order chi connectivity index (χ0) is 10.0. The first kappa shape index (κ1) is 10.7. The second-order valence-corrected chi connectivity index (χ2v) is 3.27. The van der Waals surface area contributed by atoms with Gasteiger partial charge in [0.25, 0.3) is 12.0 Å². The highest BCUT2D eigenvalue weighted by Gasteiger charge is 2.14. The van der Waals surface area contributed by atoms with Crippen molar-refractivity contribution < 1.29 is 8.78 Å². The molecule has 0 saturated heterocycles. The Labute approximate surface area is 86.0 Å². The number of halogens is 4. The van der Waals surface area contributed by atoms with Crippen LogP contribution >= 0.6 is 27.5 Å². The van der Waals surface area contributed by atoms with Crippen molar-refractivity contribution in [3.8, 4) is 0 Å². The maximum absolute atomic E-state index is 12.3. The maximum atomic E-state index is 12.3. The molecule has 0 aliphatic heterocycles. The van der Waals surface area contributed by atoms with Crippen LogP contribution in [0.4, 0.5) is 8.78 Å². The molecule has 0 spiro atoms. The first-order valence-corrected chi connectivity index (χ1v) is 4.82. The van der Waals surface area contributed by atoms with Crippen molar-refractivity contribution in [2.75, 3.05) is 0 Å². The van der Waals surface area contributed by atoms with E-state index in [-0.39, 0.29) is 21.6 Å². The minimum atomic E-state index is -2.68. The van der Waals surface area contributed by atoms with Crippen molar-refractivity contribution in [2.45, 2.75) is 11.8 Å². The van der Waals surface area contributed by atoms with Crippen LogP contribution in [-0.2, 0) is 5.33 Å². The molecular weight excluding hydrogens is 267 g/mol. The topological polar surface area (TPSA) is 32.9 Å². The predicted molar refractivity (Wildman–Crippen MR) is 49.7 cm³/mol. The molecule has 0 saturated carbocycles. The maximum Gasteiger partial charge on any atom is 0.266 e. The highest BCUT2D eigenvalue weighted by molar-refractivity contribution is 9.08. The normalized spacial score (nSPS) is 10.8. The molecule has 1 aromatic rings. The van der Waals surface area contributed by atoms with Gasteiger partial charge in [-0.05, 0) is 6.07 Å². The van der Waals surface area contributed by atoms with Gasteiger partial charge in [-0.2, -0.15) is 0 Å². The van der Waals surface area contributed by atoms with Crippen molar-refractivity contribution in [3.05, 3.63) is 32.7 Å². The monoisotopic (exact) mass is 271 g/mol. The molecule has 0 fully saturated rings. The number of hydrogen-bond donors (Lipinski definition) is 1. The quantitative estimate of drug-likeness (QED) is 0.652. The summed E-state index contributed by atoms with van der Waals surface area (Å²) in [7, 11) is 0. The van der Waals surface area contributed by atoms with Crippen LogP contribution in [0.2, 0.25) is 5.15 Å². The van der Waals surface area contributed by atoms with Crippen LogP contribution in [0.25, 0.3) is 0 Å². The Morgan fingerprint density at radius 3 is 2.69 bits per heavy atom. The molecule has 0 bridgehead atoms. The molecule has 6 heteroatoms. The smallest absolute Gasteiger partial charge is 0.266 e. The fourth-order valence-corrected chi connectivity index (χ4v) is 1.47. The Bertz CT molecular complexity index is 366. The van der Waals surface area contributed by atoms with Crippen LogP contribution < -0.4 is 5.56 Å². The second kappa shape index (κ2) is 4.19. The van der Waals surface area contributed by atoms with Gasteiger partial charge in [0.15, 0.2) is 0 Å². The molecule has 0 amide bonds. The number of pyridine rings is 1. The lowest BCUT2D eigenvalue weighted by Gasteiger charge is -2.03. The second-order valence-electron chi connectivity index (χ2n) is 2.33. The molecule has 13 heavy (non-hydrogen) atoms. The molecular formula is C7H5BrClF2NO. The molecule has 1 rings (SSSR count). The standard InChI is InChI=1S/C7H5BrClF2NO/c8-2-3-1-4(6(10)11)5(9)12-7(3)13/h1,6H,2H2,(H,12,13). The first-order valence-electron chi connectivity index (χ1n) is 3.32. The molecule has 0 atom stereocenters. The van der Waals surface area contributed by atoms with Crippen LogP contribution in [0.1, 0.15) is 17.6 Å². The van der Waals surface area contributed by atoms with Gasteiger partial charge in [-0.15, -0.1) is 0 Å². The Morgan fingerprint density at radius 1 is 1.62 bits per heavy atom. The Balaban J connectivity index is 3.31. The Kier molecular flexibility index (Phi) is 3.44. The SMILES string of the molecule is O=c1[nH]c(Cl)c(C(F)F)cc1CBr. The lowest BCUT2D eigenvalue weighted by Crippen LogP contribution is -2.12. The van der Waals surface area contributed by atoms with E-state index in [1.807, 2.05) is 0 Å². The van der Waals surface area contributed by atoms with Crippen LogP contribution in [0.15, 0.2) is 10.9 Å². The number of hydrogen-bond acceptors (Lipinski definition) is 1. The van der Waals surface area contributed by atoms with Crippen molar-refractivity contribution in [3.63, 3.8) is 0 Å². The van der Waals surface area contributed by atoms with Gasteiger partial charge < -0.3 is 4.98 Å². The van der Waals surface area contributed by atoms with E-state index < -0.39 is 12.0 Å². The summed E-state index contributed by atoms with van der Waals surface area (Å²) < 4.78 is 24.5. The van der Waals surface area contributed by atoms with Crippen molar-refractivity contribution in [1.29, 1.82) is 0 Å². The highest BCUT2D eigenvalue weighted by atomic mass is 79.9. The van der Waals surface area contributed by atoms with E-state index in [0.717, 1.165) is 6.07 Å². The zero-order valence-corrected chi connectivity index (χ0v) is 8.62. The number of H-pyrrole nitrogens is 1. The van der Waals surface area contributed by atoms with Gasteiger partial charge in [0.05, 0.1) is 5.56 Å². The fourth-order valence-electron chi connectivity index (χ4n) is 0.827. The molecule has 1 heterocycles. The van der Waals surface area contributed by atoms with E-state index in [4.69, 9.17) is 11.6 Å². The molecule has 0 radical (unpaired) electrons.